The van der Waals surface area contributed by atoms with Crippen LogP contribution in [0.25, 0.3) is 6.08 Å². The fraction of sp³-hybridized carbons (Fsp3) is 0.250. The molecule has 1 rings (SSSR count). The van der Waals surface area contributed by atoms with Crippen LogP contribution in [0.5, 0.6) is 17.2 Å². The molecule has 0 spiro atoms. The van der Waals surface area contributed by atoms with Crippen molar-refractivity contribution in [2.45, 2.75) is 0 Å². The Morgan fingerprint density at radius 3 is 1.94 bits per heavy atom. The van der Waals surface area contributed by atoms with Crippen LogP contribution in [0.1, 0.15) is 5.56 Å². The summed E-state index contributed by atoms with van der Waals surface area (Å²) in [7, 11) is 4.64. The number of hydrogen-bond donors (Lipinski definition) is 0. The highest BCUT2D eigenvalue weighted by Crippen LogP contribution is 2.38. The first kappa shape index (κ1) is 12.1. The van der Waals surface area contributed by atoms with Crippen LogP contribution in [-0.4, -0.2) is 27.6 Å². The standard InChI is InChI=1S/C12H14O4/c1-14-10-7-9(5-4-6-13)8-11(15-2)12(10)16-3/h4-8H,1-3H3/b5-4-. The molecule has 0 heterocycles. The zero-order valence-corrected chi connectivity index (χ0v) is 9.52. The molecule has 0 amide bonds. The van der Waals surface area contributed by atoms with Gasteiger partial charge in [0, 0.05) is 0 Å². The number of carbonyl (C=O) groups excluding carboxylic acids is 1. The fourth-order valence-electron chi connectivity index (χ4n) is 1.35. The minimum Gasteiger partial charge on any atom is -0.493 e. The van der Waals surface area contributed by atoms with E-state index in [-0.39, 0.29) is 0 Å². The van der Waals surface area contributed by atoms with Crippen LogP contribution in [0, 0.1) is 0 Å². The third-order valence-electron chi connectivity index (χ3n) is 2.05. The van der Waals surface area contributed by atoms with Crippen molar-refractivity contribution in [3.05, 3.63) is 23.8 Å². The molecule has 0 radical (unpaired) electrons. The second-order valence-electron chi connectivity index (χ2n) is 2.95. The number of rotatable bonds is 5. The van der Waals surface area contributed by atoms with Crippen molar-refractivity contribution in [2.24, 2.45) is 0 Å². The third kappa shape index (κ3) is 2.53. The Morgan fingerprint density at radius 1 is 1.00 bits per heavy atom. The topological polar surface area (TPSA) is 44.8 Å². The van der Waals surface area contributed by atoms with Crippen molar-refractivity contribution in [1.29, 1.82) is 0 Å². The highest BCUT2D eigenvalue weighted by Gasteiger charge is 2.11. The van der Waals surface area contributed by atoms with E-state index in [0.717, 1.165) is 5.56 Å². The second kappa shape index (κ2) is 5.80. The number of hydrogen-bond acceptors (Lipinski definition) is 4. The fourth-order valence-corrected chi connectivity index (χ4v) is 1.35. The Bertz CT molecular complexity index is 371. The highest BCUT2D eigenvalue weighted by atomic mass is 16.5. The van der Waals surface area contributed by atoms with E-state index in [2.05, 4.69) is 0 Å². The number of allylic oxidation sites excluding steroid dienone is 1. The summed E-state index contributed by atoms with van der Waals surface area (Å²) in [5.41, 5.74) is 0.807. The van der Waals surface area contributed by atoms with Gasteiger partial charge in [-0.3, -0.25) is 4.79 Å². The number of aldehydes is 1. The van der Waals surface area contributed by atoms with E-state index >= 15 is 0 Å². The summed E-state index contributed by atoms with van der Waals surface area (Å²) < 4.78 is 15.5. The van der Waals surface area contributed by atoms with E-state index in [9.17, 15) is 4.79 Å². The summed E-state index contributed by atoms with van der Waals surface area (Å²) in [6.45, 7) is 0. The van der Waals surface area contributed by atoms with Crippen molar-refractivity contribution in [1.82, 2.24) is 0 Å². The molecule has 0 atom stereocenters. The summed E-state index contributed by atoms with van der Waals surface area (Å²) in [6, 6.07) is 3.53. The van der Waals surface area contributed by atoms with Gasteiger partial charge in [-0.15, -0.1) is 0 Å². The molecule has 0 aliphatic heterocycles. The molecule has 0 aromatic heterocycles. The molecule has 4 nitrogen and oxygen atoms in total. The Morgan fingerprint density at radius 2 is 1.56 bits per heavy atom. The average Bonchev–Trinajstić information content (AvgIpc) is 2.34. The summed E-state index contributed by atoms with van der Waals surface area (Å²) >= 11 is 0. The Labute approximate surface area is 94.4 Å². The van der Waals surface area contributed by atoms with E-state index in [0.29, 0.717) is 23.5 Å². The smallest absolute Gasteiger partial charge is 0.203 e. The van der Waals surface area contributed by atoms with Crippen LogP contribution in [-0.2, 0) is 4.79 Å². The van der Waals surface area contributed by atoms with Crippen molar-refractivity contribution in [2.75, 3.05) is 21.3 Å². The van der Waals surface area contributed by atoms with E-state index in [1.807, 2.05) is 0 Å². The largest absolute Gasteiger partial charge is 0.493 e. The van der Waals surface area contributed by atoms with E-state index in [4.69, 9.17) is 14.2 Å². The van der Waals surface area contributed by atoms with Gasteiger partial charge in [0.05, 0.1) is 21.3 Å². The lowest BCUT2D eigenvalue weighted by molar-refractivity contribution is -0.104. The minimum atomic E-state index is 0.535. The summed E-state index contributed by atoms with van der Waals surface area (Å²) in [5.74, 6) is 1.66. The van der Waals surface area contributed by atoms with E-state index in [1.54, 1.807) is 39.5 Å². The van der Waals surface area contributed by atoms with Gasteiger partial charge in [0.15, 0.2) is 11.5 Å². The summed E-state index contributed by atoms with van der Waals surface area (Å²) in [6.07, 6.45) is 3.78. The highest BCUT2D eigenvalue weighted by molar-refractivity contribution is 5.75. The molecule has 0 fully saturated rings. The number of carbonyl (C=O) groups is 1. The van der Waals surface area contributed by atoms with Gasteiger partial charge in [0.25, 0.3) is 0 Å². The summed E-state index contributed by atoms with van der Waals surface area (Å²) in [5, 5.41) is 0. The van der Waals surface area contributed by atoms with Gasteiger partial charge in [-0.05, 0) is 23.8 Å². The second-order valence-corrected chi connectivity index (χ2v) is 2.95. The summed E-state index contributed by atoms with van der Waals surface area (Å²) in [4.78, 5) is 10.2. The molecule has 0 N–H and O–H groups in total. The molecule has 1 aromatic rings. The zero-order valence-electron chi connectivity index (χ0n) is 9.52. The van der Waals surface area contributed by atoms with Crippen LogP contribution in [0.4, 0.5) is 0 Å². The van der Waals surface area contributed by atoms with Crippen molar-refractivity contribution < 1.29 is 19.0 Å². The maximum Gasteiger partial charge on any atom is 0.203 e. The molecule has 0 unspecified atom stereocenters. The molecule has 0 saturated carbocycles. The quantitative estimate of drug-likeness (QED) is 0.564. The predicted molar refractivity (Wildman–Crippen MR) is 61.2 cm³/mol. The van der Waals surface area contributed by atoms with Crippen molar-refractivity contribution in [3.8, 4) is 17.2 Å². The lowest BCUT2D eigenvalue weighted by Crippen LogP contribution is -1.95. The Kier molecular flexibility index (Phi) is 4.39. The van der Waals surface area contributed by atoms with Gasteiger partial charge in [-0.1, -0.05) is 6.08 Å². The third-order valence-corrected chi connectivity index (χ3v) is 2.05. The normalized spacial score (nSPS) is 10.2. The van der Waals surface area contributed by atoms with Gasteiger partial charge in [-0.2, -0.15) is 0 Å². The van der Waals surface area contributed by atoms with Crippen LogP contribution >= 0.6 is 0 Å². The molecule has 0 aliphatic carbocycles. The van der Waals surface area contributed by atoms with Crippen molar-refractivity contribution >= 4 is 12.4 Å². The SMILES string of the molecule is COc1cc(/C=C\C=O)cc(OC)c1OC. The Hall–Kier alpha value is -1.97. The maximum absolute atomic E-state index is 10.2. The number of ether oxygens (including phenoxy) is 3. The number of benzene rings is 1. The van der Waals surface area contributed by atoms with Gasteiger partial charge in [-0.25, -0.2) is 0 Å². The molecule has 0 saturated heterocycles. The van der Waals surface area contributed by atoms with Gasteiger partial charge >= 0.3 is 0 Å². The molecule has 4 heteroatoms. The van der Waals surface area contributed by atoms with E-state index in [1.165, 1.54) is 6.08 Å². The van der Waals surface area contributed by atoms with Gasteiger partial charge < -0.3 is 14.2 Å². The molecular weight excluding hydrogens is 208 g/mol. The first-order valence-electron chi connectivity index (χ1n) is 4.68. The van der Waals surface area contributed by atoms with Crippen LogP contribution in [0.15, 0.2) is 18.2 Å². The van der Waals surface area contributed by atoms with Crippen molar-refractivity contribution in [3.63, 3.8) is 0 Å². The molecule has 0 aliphatic rings. The lowest BCUT2D eigenvalue weighted by atomic mass is 10.1. The maximum atomic E-state index is 10.2. The molecule has 0 bridgehead atoms. The van der Waals surface area contributed by atoms with Gasteiger partial charge in [0.2, 0.25) is 5.75 Å². The molecular formula is C12H14O4. The first-order chi connectivity index (χ1) is 7.76. The minimum absolute atomic E-state index is 0.535. The van der Waals surface area contributed by atoms with Crippen LogP contribution in [0.3, 0.4) is 0 Å². The molecule has 16 heavy (non-hydrogen) atoms. The average molecular weight is 222 g/mol. The van der Waals surface area contributed by atoms with Gasteiger partial charge in [0.1, 0.15) is 6.29 Å². The molecule has 1 aromatic carbocycles. The lowest BCUT2D eigenvalue weighted by Gasteiger charge is -2.12. The monoisotopic (exact) mass is 222 g/mol. The van der Waals surface area contributed by atoms with Crippen LogP contribution < -0.4 is 14.2 Å². The number of methoxy groups -OCH3 is 3. The Balaban J connectivity index is 3.25. The first-order valence-corrected chi connectivity index (χ1v) is 4.68. The van der Waals surface area contributed by atoms with E-state index < -0.39 is 0 Å². The zero-order chi connectivity index (χ0) is 12.0. The van der Waals surface area contributed by atoms with Crippen LogP contribution in [0.2, 0.25) is 0 Å². The molecule has 86 valence electrons. The predicted octanol–water partition coefficient (Wildman–Crippen LogP) is 1.92.